The summed E-state index contributed by atoms with van der Waals surface area (Å²) in [7, 11) is 0. The topological polar surface area (TPSA) is 89.3 Å². The van der Waals surface area contributed by atoms with E-state index in [9.17, 15) is 4.79 Å². The molecule has 1 rings (SSSR count). The predicted octanol–water partition coefficient (Wildman–Crippen LogP) is 0.393. The molecule has 0 aliphatic heterocycles. The Kier molecular flexibility index (Phi) is 4.37. The Balaban J connectivity index is -0.000000403. The van der Waals surface area contributed by atoms with Crippen LogP contribution in [-0.4, -0.2) is 48.8 Å². The molecule has 12 heavy (non-hydrogen) atoms. The van der Waals surface area contributed by atoms with E-state index in [1.54, 1.807) is 12.1 Å². The standard InChI is InChI=1S/C7H8N2O2.Ca.2H/c8-5-3-1-2-4(6(5)9)7(10)11;;;/h1-3H,8-9H2,(H,10,11);;;/q;+2;2*-1. The first kappa shape index (κ1) is 11.5. The Bertz CT molecular complexity index is 310. The molecule has 1 aromatic carbocycles. The van der Waals surface area contributed by atoms with Crippen LogP contribution in [0.1, 0.15) is 13.2 Å². The van der Waals surface area contributed by atoms with Gasteiger partial charge in [0.2, 0.25) is 0 Å². The largest absolute Gasteiger partial charge is 2.00 e. The van der Waals surface area contributed by atoms with Crippen molar-refractivity contribution in [2.75, 3.05) is 11.5 Å². The second kappa shape index (κ2) is 4.54. The molecule has 0 radical (unpaired) electrons. The van der Waals surface area contributed by atoms with Crippen LogP contribution in [0.3, 0.4) is 0 Å². The summed E-state index contributed by atoms with van der Waals surface area (Å²) in [6, 6.07) is 4.52. The number of anilines is 2. The van der Waals surface area contributed by atoms with E-state index in [4.69, 9.17) is 16.6 Å². The number of para-hydroxylation sites is 1. The monoisotopic (exact) mass is 194 g/mol. The minimum Gasteiger partial charge on any atom is -1.00 e. The van der Waals surface area contributed by atoms with Crippen LogP contribution < -0.4 is 11.5 Å². The number of aromatic carboxylic acids is 1. The van der Waals surface area contributed by atoms with E-state index >= 15 is 0 Å². The summed E-state index contributed by atoms with van der Waals surface area (Å²) in [6.45, 7) is 0. The van der Waals surface area contributed by atoms with Gasteiger partial charge in [-0.3, -0.25) is 0 Å². The summed E-state index contributed by atoms with van der Waals surface area (Å²) < 4.78 is 0. The van der Waals surface area contributed by atoms with E-state index in [2.05, 4.69) is 0 Å². The molecule has 5 heteroatoms. The first-order chi connectivity index (χ1) is 5.13. The minimum absolute atomic E-state index is 0. The van der Waals surface area contributed by atoms with E-state index in [-0.39, 0.29) is 51.8 Å². The maximum absolute atomic E-state index is 10.4. The van der Waals surface area contributed by atoms with E-state index in [0.29, 0.717) is 5.69 Å². The number of hydrogen-bond acceptors (Lipinski definition) is 3. The fourth-order valence-corrected chi connectivity index (χ4v) is 0.770. The fraction of sp³-hybridized carbons (Fsp3) is 0. The number of hydrogen-bond donors (Lipinski definition) is 3. The molecule has 0 amide bonds. The van der Waals surface area contributed by atoms with Crippen LogP contribution in [0.2, 0.25) is 0 Å². The number of carboxylic acids is 1. The van der Waals surface area contributed by atoms with Crippen molar-refractivity contribution in [3.63, 3.8) is 0 Å². The molecule has 62 valence electrons. The SMILES string of the molecule is Nc1cccc(C(=O)O)c1N.[Ca+2].[H-].[H-]. The third kappa shape index (κ3) is 2.27. The van der Waals surface area contributed by atoms with Gasteiger partial charge in [-0.05, 0) is 12.1 Å². The number of benzene rings is 1. The maximum atomic E-state index is 10.4. The van der Waals surface area contributed by atoms with Gasteiger partial charge in [0, 0.05) is 0 Å². The molecule has 0 aliphatic rings. The zero-order valence-corrected chi connectivity index (χ0v) is 8.66. The fourth-order valence-electron chi connectivity index (χ4n) is 0.770. The molecule has 0 bridgehead atoms. The zero-order valence-electron chi connectivity index (χ0n) is 8.45. The molecule has 0 atom stereocenters. The summed E-state index contributed by atoms with van der Waals surface area (Å²) in [5.74, 6) is -1.06. The van der Waals surface area contributed by atoms with Crippen LogP contribution in [0.25, 0.3) is 0 Å². The smallest absolute Gasteiger partial charge is 1.00 e. The third-order valence-electron chi connectivity index (χ3n) is 1.37. The summed E-state index contributed by atoms with van der Waals surface area (Å²) in [4.78, 5) is 10.4. The van der Waals surface area contributed by atoms with Gasteiger partial charge in [0.25, 0.3) is 0 Å². The van der Waals surface area contributed by atoms with Gasteiger partial charge in [0.1, 0.15) is 0 Å². The normalized spacial score (nSPS) is 8.67. The van der Waals surface area contributed by atoms with Gasteiger partial charge >= 0.3 is 43.7 Å². The first-order valence-electron chi connectivity index (χ1n) is 3.00. The Morgan fingerprint density at radius 1 is 1.42 bits per heavy atom. The van der Waals surface area contributed by atoms with Gasteiger partial charge < -0.3 is 19.4 Å². The van der Waals surface area contributed by atoms with Crippen molar-refractivity contribution >= 4 is 55.1 Å². The Morgan fingerprint density at radius 3 is 2.42 bits per heavy atom. The van der Waals surface area contributed by atoms with Gasteiger partial charge in [-0.25, -0.2) is 4.79 Å². The molecule has 5 N–H and O–H groups in total. The molecule has 1 aromatic rings. The predicted molar refractivity (Wildman–Crippen MR) is 50.2 cm³/mol. The summed E-state index contributed by atoms with van der Waals surface area (Å²) in [6.07, 6.45) is 0. The minimum atomic E-state index is -1.06. The Hall–Kier alpha value is -0.450. The molecule has 0 saturated heterocycles. The van der Waals surface area contributed by atoms with Crippen molar-refractivity contribution in [3.8, 4) is 0 Å². The quantitative estimate of drug-likeness (QED) is 0.445. The number of rotatable bonds is 1. The summed E-state index contributed by atoms with van der Waals surface area (Å²) >= 11 is 0. The Labute approximate surface area is 103 Å². The van der Waals surface area contributed by atoms with Crippen LogP contribution in [-0.2, 0) is 0 Å². The average Bonchev–Trinajstić information content (AvgIpc) is 1.94. The van der Waals surface area contributed by atoms with Crippen molar-refractivity contribution in [1.29, 1.82) is 0 Å². The molecule has 0 spiro atoms. The average molecular weight is 194 g/mol. The summed E-state index contributed by atoms with van der Waals surface area (Å²) in [5.41, 5.74) is 11.2. The van der Waals surface area contributed by atoms with E-state index in [1.165, 1.54) is 6.07 Å². The third-order valence-corrected chi connectivity index (χ3v) is 1.37. The number of nitrogens with two attached hydrogens (primary N) is 2. The van der Waals surface area contributed by atoms with Gasteiger partial charge in [-0.2, -0.15) is 0 Å². The second-order valence-corrected chi connectivity index (χ2v) is 2.11. The van der Waals surface area contributed by atoms with E-state index in [0.717, 1.165) is 0 Å². The molecule has 0 saturated carbocycles. The molecule has 4 nitrogen and oxygen atoms in total. The van der Waals surface area contributed by atoms with Gasteiger partial charge in [0.15, 0.2) is 0 Å². The molecule has 0 aromatic heterocycles. The van der Waals surface area contributed by atoms with Crippen LogP contribution in [0.15, 0.2) is 18.2 Å². The molecular weight excluding hydrogens is 184 g/mol. The Morgan fingerprint density at radius 2 is 2.00 bits per heavy atom. The molecule has 0 aliphatic carbocycles. The molecule has 0 unspecified atom stereocenters. The zero-order chi connectivity index (χ0) is 8.43. The van der Waals surface area contributed by atoms with Gasteiger partial charge in [-0.1, -0.05) is 6.07 Å². The number of nitrogen functional groups attached to an aromatic ring is 2. The molecule has 0 fully saturated rings. The molecule has 0 heterocycles. The van der Waals surface area contributed by atoms with Crippen molar-refractivity contribution in [2.45, 2.75) is 0 Å². The van der Waals surface area contributed by atoms with E-state index < -0.39 is 5.97 Å². The second-order valence-electron chi connectivity index (χ2n) is 2.11. The van der Waals surface area contributed by atoms with Gasteiger partial charge in [-0.15, -0.1) is 0 Å². The van der Waals surface area contributed by atoms with Crippen LogP contribution in [0.5, 0.6) is 0 Å². The molecular formula is C7H10CaN2O2. The van der Waals surface area contributed by atoms with Crippen molar-refractivity contribution in [1.82, 2.24) is 0 Å². The maximum Gasteiger partial charge on any atom is 2.00 e. The summed E-state index contributed by atoms with van der Waals surface area (Å²) in [5, 5.41) is 8.55. The van der Waals surface area contributed by atoms with Crippen LogP contribution in [0.4, 0.5) is 11.4 Å². The van der Waals surface area contributed by atoms with E-state index in [1.807, 2.05) is 0 Å². The first-order valence-corrected chi connectivity index (χ1v) is 3.00. The number of carboxylic acid groups (broad SMARTS) is 1. The van der Waals surface area contributed by atoms with Crippen molar-refractivity contribution < 1.29 is 12.8 Å². The number of carbonyl (C=O) groups is 1. The van der Waals surface area contributed by atoms with Crippen LogP contribution >= 0.6 is 0 Å². The van der Waals surface area contributed by atoms with Crippen molar-refractivity contribution in [2.24, 2.45) is 0 Å². The van der Waals surface area contributed by atoms with Gasteiger partial charge in [0.05, 0.1) is 16.9 Å². The van der Waals surface area contributed by atoms with Crippen molar-refractivity contribution in [3.05, 3.63) is 23.8 Å². The van der Waals surface area contributed by atoms with Crippen LogP contribution in [0, 0.1) is 0 Å².